The molecule has 1 fully saturated rings. The van der Waals surface area contributed by atoms with Crippen LogP contribution in [0.25, 0.3) is 11.0 Å². The van der Waals surface area contributed by atoms with E-state index in [9.17, 15) is 4.39 Å². The van der Waals surface area contributed by atoms with Gasteiger partial charge in [-0.25, -0.2) is 9.37 Å². The Balaban J connectivity index is 2.22. The van der Waals surface area contributed by atoms with Crippen molar-refractivity contribution < 1.29 is 4.39 Å². The number of aromatic nitrogens is 2. The molecule has 0 aliphatic carbocycles. The largest absolute Gasteiger partial charge is 0.369 e. The summed E-state index contributed by atoms with van der Waals surface area (Å²) in [6, 6.07) is 3.29. The summed E-state index contributed by atoms with van der Waals surface area (Å²) in [4.78, 5) is 4.19. The van der Waals surface area contributed by atoms with Crippen molar-refractivity contribution in [1.82, 2.24) is 9.55 Å². The van der Waals surface area contributed by atoms with Crippen LogP contribution in [0.1, 0.15) is 12.5 Å². The number of benzene rings is 1. The number of imidazole rings is 1. The molecule has 1 aliphatic rings. The average Bonchev–Trinajstić information content (AvgIpc) is 2.86. The minimum absolute atomic E-state index is 0.115. The van der Waals surface area contributed by atoms with Gasteiger partial charge in [0.25, 0.3) is 0 Å². The van der Waals surface area contributed by atoms with E-state index in [2.05, 4.69) is 4.98 Å². The van der Waals surface area contributed by atoms with E-state index < -0.39 is 5.82 Å². The summed E-state index contributed by atoms with van der Waals surface area (Å²) in [7, 11) is 0. The first-order valence-electron chi connectivity index (χ1n) is 5.37. The molecule has 90 valence electrons. The number of hydrogen-bond donors (Lipinski definition) is 1. The van der Waals surface area contributed by atoms with Crippen molar-refractivity contribution in [2.45, 2.75) is 12.5 Å². The number of halogens is 2. The lowest BCUT2D eigenvalue weighted by Gasteiger charge is -2.13. The molecule has 1 unspecified atom stereocenters. The van der Waals surface area contributed by atoms with Crippen LogP contribution in [0.3, 0.4) is 0 Å². The van der Waals surface area contributed by atoms with Crippen LogP contribution < -0.4 is 5.73 Å². The number of rotatable bonds is 1. The maximum Gasteiger partial charge on any atom is 0.201 e. The van der Waals surface area contributed by atoms with E-state index in [4.69, 9.17) is 17.3 Å². The minimum Gasteiger partial charge on any atom is -0.369 e. The van der Waals surface area contributed by atoms with E-state index in [1.807, 2.05) is 16.3 Å². The summed E-state index contributed by atoms with van der Waals surface area (Å²) in [6.45, 7) is 0. The van der Waals surface area contributed by atoms with Gasteiger partial charge in [-0.1, -0.05) is 11.6 Å². The highest BCUT2D eigenvalue weighted by Gasteiger charge is 2.22. The quantitative estimate of drug-likeness (QED) is 0.867. The summed E-state index contributed by atoms with van der Waals surface area (Å²) >= 11 is 7.71. The number of fused-ring (bicyclic) bond motifs is 1. The smallest absolute Gasteiger partial charge is 0.201 e. The normalized spacial score (nSPS) is 20.2. The second-order valence-electron chi connectivity index (χ2n) is 4.11. The van der Waals surface area contributed by atoms with Crippen LogP contribution in [0.2, 0.25) is 5.02 Å². The Kier molecular flexibility index (Phi) is 2.67. The fourth-order valence-electron chi connectivity index (χ4n) is 2.22. The summed E-state index contributed by atoms with van der Waals surface area (Å²) in [5.74, 6) is 2.13. The van der Waals surface area contributed by atoms with Gasteiger partial charge in [-0.15, -0.1) is 0 Å². The molecule has 2 heterocycles. The summed E-state index contributed by atoms with van der Waals surface area (Å²) in [6.07, 6.45) is 1.06. The molecule has 6 heteroatoms. The third-order valence-electron chi connectivity index (χ3n) is 3.03. The van der Waals surface area contributed by atoms with Crippen LogP contribution in [0.5, 0.6) is 0 Å². The van der Waals surface area contributed by atoms with Crippen molar-refractivity contribution in [1.29, 1.82) is 0 Å². The molecule has 1 saturated heterocycles. The zero-order chi connectivity index (χ0) is 12.0. The number of nitrogens with two attached hydrogens (primary N) is 1. The molecular formula is C11H11ClFN3S. The number of thioether (sulfide) groups is 1. The maximum absolute atomic E-state index is 13.3. The van der Waals surface area contributed by atoms with Gasteiger partial charge in [0.1, 0.15) is 5.82 Å². The first-order valence-corrected chi connectivity index (χ1v) is 6.90. The highest BCUT2D eigenvalue weighted by molar-refractivity contribution is 7.99. The molecule has 0 bridgehead atoms. The Hall–Kier alpha value is -0.940. The molecule has 0 saturated carbocycles. The van der Waals surface area contributed by atoms with Crippen LogP contribution in [0, 0.1) is 5.82 Å². The van der Waals surface area contributed by atoms with Crippen LogP contribution in [-0.4, -0.2) is 21.1 Å². The molecule has 1 aromatic heterocycles. The number of nitrogen functional groups attached to an aromatic ring is 1. The van der Waals surface area contributed by atoms with Gasteiger partial charge in [0.2, 0.25) is 5.95 Å². The molecule has 0 spiro atoms. The molecule has 1 atom stereocenters. The van der Waals surface area contributed by atoms with E-state index in [-0.39, 0.29) is 5.02 Å². The van der Waals surface area contributed by atoms with Crippen molar-refractivity contribution in [3.63, 3.8) is 0 Å². The lowest BCUT2D eigenvalue weighted by Crippen LogP contribution is -2.10. The first kappa shape index (κ1) is 11.2. The van der Waals surface area contributed by atoms with Crippen molar-refractivity contribution in [2.24, 2.45) is 0 Å². The molecule has 0 radical (unpaired) electrons. The van der Waals surface area contributed by atoms with E-state index in [1.54, 1.807) is 6.07 Å². The van der Waals surface area contributed by atoms with Crippen LogP contribution in [0.4, 0.5) is 10.3 Å². The van der Waals surface area contributed by atoms with E-state index in [0.29, 0.717) is 17.5 Å². The lowest BCUT2D eigenvalue weighted by molar-refractivity contribution is 0.582. The van der Waals surface area contributed by atoms with Crippen LogP contribution in [0.15, 0.2) is 12.1 Å². The highest BCUT2D eigenvalue weighted by atomic mass is 35.5. The van der Waals surface area contributed by atoms with Gasteiger partial charge >= 0.3 is 0 Å². The predicted octanol–water partition coefficient (Wildman–Crippen LogP) is 3.09. The Labute approximate surface area is 107 Å². The second-order valence-corrected chi connectivity index (χ2v) is 5.67. The minimum atomic E-state index is -0.454. The molecule has 2 N–H and O–H groups in total. The van der Waals surface area contributed by atoms with Crippen LogP contribution in [-0.2, 0) is 0 Å². The second kappa shape index (κ2) is 4.07. The topological polar surface area (TPSA) is 43.8 Å². The van der Waals surface area contributed by atoms with Crippen LogP contribution >= 0.6 is 23.4 Å². The molecule has 3 rings (SSSR count). The fourth-order valence-corrected chi connectivity index (χ4v) is 3.57. The van der Waals surface area contributed by atoms with Crippen molar-refractivity contribution in [3.05, 3.63) is 23.0 Å². The van der Waals surface area contributed by atoms with Crippen molar-refractivity contribution >= 4 is 40.3 Å². The number of nitrogens with zero attached hydrogens (tertiary/aromatic N) is 2. The molecule has 3 nitrogen and oxygen atoms in total. The molecule has 2 aromatic rings. The molecule has 1 aliphatic heterocycles. The molecule has 0 amide bonds. The lowest BCUT2D eigenvalue weighted by atomic mass is 10.2. The summed E-state index contributed by atoms with van der Waals surface area (Å²) in [5.41, 5.74) is 7.30. The summed E-state index contributed by atoms with van der Waals surface area (Å²) < 4.78 is 15.3. The van der Waals surface area contributed by atoms with E-state index >= 15 is 0 Å². The van der Waals surface area contributed by atoms with Gasteiger partial charge in [0, 0.05) is 17.9 Å². The standard InChI is InChI=1S/C11H11ClFN3S/c12-7-3-10-9(4-8(7)13)15-11(14)16(10)6-1-2-17-5-6/h3-4,6H,1-2,5H2,(H2,14,15). The first-order chi connectivity index (χ1) is 8.16. The summed E-state index contributed by atoms with van der Waals surface area (Å²) in [5, 5.41) is 0.115. The molecule has 1 aromatic carbocycles. The van der Waals surface area contributed by atoms with Gasteiger partial charge in [0.15, 0.2) is 0 Å². The third-order valence-corrected chi connectivity index (χ3v) is 4.46. The third kappa shape index (κ3) is 1.77. The van der Waals surface area contributed by atoms with Crippen molar-refractivity contribution in [3.8, 4) is 0 Å². The Morgan fingerprint density at radius 2 is 2.35 bits per heavy atom. The Bertz CT molecular complexity index is 578. The van der Waals surface area contributed by atoms with Gasteiger partial charge in [-0.3, -0.25) is 0 Å². The predicted molar refractivity (Wildman–Crippen MR) is 70.1 cm³/mol. The Morgan fingerprint density at radius 1 is 1.53 bits per heavy atom. The monoisotopic (exact) mass is 271 g/mol. The zero-order valence-electron chi connectivity index (χ0n) is 8.99. The molecule has 17 heavy (non-hydrogen) atoms. The van der Waals surface area contributed by atoms with Gasteiger partial charge < -0.3 is 10.3 Å². The fraction of sp³-hybridized carbons (Fsp3) is 0.364. The van der Waals surface area contributed by atoms with Crippen molar-refractivity contribution in [2.75, 3.05) is 17.2 Å². The highest BCUT2D eigenvalue weighted by Crippen LogP contribution is 2.34. The SMILES string of the molecule is Nc1nc2cc(F)c(Cl)cc2n1C1CCSC1. The van der Waals surface area contributed by atoms with E-state index in [1.165, 1.54) is 6.07 Å². The maximum atomic E-state index is 13.3. The zero-order valence-corrected chi connectivity index (χ0v) is 10.6. The van der Waals surface area contributed by atoms with E-state index in [0.717, 1.165) is 23.4 Å². The van der Waals surface area contributed by atoms with Gasteiger partial charge in [0.05, 0.1) is 16.1 Å². The number of hydrogen-bond acceptors (Lipinski definition) is 3. The molecular weight excluding hydrogens is 261 g/mol. The van der Waals surface area contributed by atoms with Gasteiger partial charge in [-0.2, -0.15) is 11.8 Å². The Morgan fingerprint density at radius 3 is 3.06 bits per heavy atom. The number of anilines is 1. The van der Waals surface area contributed by atoms with Gasteiger partial charge in [-0.05, 0) is 18.2 Å². The average molecular weight is 272 g/mol.